The van der Waals surface area contributed by atoms with Gasteiger partial charge in [-0.1, -0.05) is 6.42 Å². The second kappa shape index (κ2) is 6.18. The van der Waals surface area contributed by atoms with Crippen molar-refractivity contribution >= 4 is 27.3 Å². The number of sulfone groups is 1. The topological polar surface area (TPSA) is 37.4 Å². The average molecular weight is 299 g/mol. The molecule has 19 heavy (non-hydrogen) atoms. The molecule has 1 aliphatic rings. The molecule has 1 heterocycles. The van der Waals surface area contributed by atoms with Gasteiger partial charge in [-0.05, 0) is 43.4 Å². The summed E-state index contributed by atoms with van der Waals surface area (Å²) in [6, 6.07) is 7.28. The van der Waals surface area contributed by atoms with Gasteiger partial charge < -0.3 is 4.90 Å². The summed E-state index contributed by atoms with van der Waals surface area (Å²) < 4.78 is 22.9. The van der Waals surface area contributed by atoms with E-state index < -0.39 is 9.84 Å². The van der Waals surface area contributed by atoms with Crippen LogP contribution in [-0.4, -0.2) is 39.3 Å². The second-order valence-electron chi connectivity index (χ2n) is 5.07. The Morgan fingerprint density at radius 1 is 1.21 bits per heavy atom. The van der Waals surface area contributed by atoms with Crippen molar-refractivity contribution in [3.8, 4) is 0 Å². The Morgan fingerprint density at radius 3 is 2.47 bits per heavy atom. The van der Waals surface area contributed by atoms with E-state index in [1.54, 1.807) is 12.1 Å². The predicted molar refractivity (Wildman–Crippen MR) is 82.9 cm³/mol. The maximum absolute atomic E-state index is 11.5. The van der Waals surface area contributed by atoms with Gasteiger partial charge in [0.2, 0.25) is 0 Å². The smallest absolute Gasteiger partial charge is 0.175 e. The average Bonchev–Trinajstić information content (AvgIpc) is 2.63. The quantitative estimate of drug-likeness (QED) is 0.860. The van der Waals surface area contributed by atoms with Crippen LogP contribution in [0.5, 0.6) is 0 Å². The van der Waals surface area contributed by atoms with Crippen molar-refractivity contribution in [1.82, 2.24) is 0 Å². The van der Waals surface area contributed by atoms with E-state index in [1.807, 2.05) is 23.9 Å². The van der Waals surface area contributed by atoms with Gasteiger partial charge in [0.05, 0.1) is 4.90 Å². The largest absolute Gasteiger partial charge is 0.370 e. The van der Waals surface area contributed by atoms with Gasteiger partial charge in [0.15, 0.2) is 9.84 Å². The van der Waals surface area contributed by atoms with E-state index in [9.17, 15) is 8.42 Å². The number of nitrogens with zero attached hydrogens (tertiary/aromatic N) is 1. The Morgan fingerprint density at radius 2 is 1.89 bits per heavy atom. The molecule has 1 aromatic carbocycles. The highest BCUT2D eigenvalue weighted by Gasteiger charge is 2.18. The number of anilines is 1. The first-order chi connectivity index (χ1) is 9.00. The number of rotatable bonds is 3. The maximum atomic E-state index is 11.5. The van der Waals surface area contributed by atoms with E-state index in [1.165, 1.54) is 25.5 Å². The fraction of sp³-hybridized carbons (Fsp3) is 0.571. The molecule has 0 saturated carbocycles. The predicted octanol–water partition coefficient (Wildman–Crippen LogP) is 2.81. The molecule has 0 N–H and O–H groups in total. The fourth-order valence-electron chi connectivity index (χ4n) is 2.43. The Labute approximate surface area is 120 Å². The minimum absolute atomic E-state index is 0.396. The van der Waals surface area contributed by atoms with Crippen molar-refractivity contribution < 1.29 is 8.42 Å². The Balaban J connectivity index is 2.16. The molecule has 1 aliphatic heterocycles. The Bertz CT molecular complexity index is 511. The van der Waals surface area contributed by atoms with Gasteiger partial charge in [0.1, 0.15) is 0 Å². The molecule has 106 valence electrons. The van der Waals surface area contributed by atoms with Crippen LogP contribution < -0.4 is 4.90 Å². The van der Waals surface area contributed by atoms with Gasteiger partial charge in [-0.25, -0.2) is 8.42 Å². The summed E-state index contributed by atoms with van der Waals surface area (Å²) in [5.41, 5.74) is 1.13. The fourth-order valence-corrected chi connectivity index (χ4v) is 3.80. The molecule has 5 heteroatoms. The number of hydrogen-bond acceptors (Lipinski definition) is 4. The Hall–Kier alpha value is -0.680. The summed E-state index contributed by atoms with van der Waals surface area (Å²) in [5, 5.41) is 0.678. The zero-order valence-electron chi connectivity index (χ0n) is 11.5. The molecule has 1 atom stereocenters. The molecule has 0 aromatic heterocycles. The minimum atomic E-state index is -3.10. The van der Waals surface area contributed by atoms with E-state index in [4.69, 9.17) is 0 Å². The summed E-state index contributed by atoms with van der Waals surface area (Å²) in [4.78, 5) is 2.77. The van der Waals surface area contributed by atoms with Crippen LogP contribution in [-0.2, 0) is 9.84 Å². The lowest BCUT2D eigenvalue weighted by Gasteiger charge is -2.25. The molecule has 0 aliphatic carbocycles. The van der Waals surface area contributed by atoms with Crippen molar-refractivity contribution in [3.63, 3.8) is 0 Å². The molecule has 0 bridgehead atoms. The van der Waals surface area contributed by atoms with E-state index in [0.717, 1.165) is 18.8 Å². The number of benzene rings is 1. The van der Waals surface area contributed by atoms with Crippen LogP contribution in [0.15, 0.2) is 29.2 Å². The third kappa shape index (κ3) is 3.89. The molecule has 1 fully saturated rings. The van der Waals surface area contributed by atoms with Crippen LogP contribution >= 0.6 is 11.8 Å². The summed E-state index contributed by atoms with van der Waals surface area (Å²) in [6.07, 6.45) is 7.19. The molecule has 1 saturated heterocycles. The van der Waals surface area contributed by atoms with Crippen LogP contribution in [0.4, 0.5) is 5.69 Å². The molecule has 0 radical (unpaired) electrons. The first-order valence-corrected chi connectivity index (χ1v) is 9.76. The monoisotopic (exact) mass is 299 g/mol. The minimum Gasteiger partial charge on any atom is -0.370 e. The van der Waals surface area contributed by atoms with Gasteiger partial charge in [-0.3, -0.25) is 0 Å². The zero-order chi connectivity index (χ0) is 13.9. The summed E-state index contributed by atoms with van der Waals surface area (Å²) >= 11 is 1.93. The second-order valence-corrected chi connectivity index (χ2v) is 8.22. The first-order valence-electron chi connectivity index (χ1n) is 6.58. The van der Waals surface area contributed by atoms with Crippen LogP contribution in [0.1, 0.15) is 19.3 Å². The maximum Gasteiger partial charge on any atom is 0.175 e. The molecule has 2 rings (SSSR count). The van der Waals surface area contributed by atoms with Crippen LogP contribution in [0.2, 0.25) is 0 Å². The zero-order valence-corrected chi connectivity index (χ0v) is 13.1. The van der Waals surface area contributed by atoms with E-state index >= 15 is 0 Å². The van der Waals surface area contributed by atoms with Crippen molar-refractivity contribution in [2.75, 3.05) is 30.5 Å². The summed E-state index contributed by atoms with van der Waals surface area (Å²) in [5.74, 6) is 0. The van der Waals surface area contributed by atoms with Crippen LogP contribution in [0, 0.1) is 0 Å². The lowest BCUT2D eigenvalue weighted by molar-refractivity contribution is 0.602. The van der Waals surface area contributed by atoms with Gasteiger partial charge in [-0.2, -0.15) is 11.8 Å². The number of hydrogen-bond donors (Lipinski definition) is 0. The van der Waals surface area contributed by atoms with Crippen LogP contribution in [0.25, 0.3) is 0 Å². The SMILES string of the molecule is CSC1CCCCN(c2ccc(S(C)(=O)=O)cc2)C1. The molecule has 0 spiro atoms. The highest BCUT2D eigenvalue weighted by molar-refractivity contribution is 7.99. The van der Waals surface area contributed by atoms with Gasteiger partial charge >= 0.3 is 0 Å². The van der Waals surface area contributed by atoms with Gasteiger partial charge in [0, 0.05) is 30.3 Å². The third-order valence-electron chi connectivity index (χ3n) is 3.59. The van der Waals surface area contributed by atoms with Gasteiger partial charge in [-0.15, -0.1) is 0 Å². The standard InChI is InChI=1S/C14H21NO2S2/c1-18-13-5-3-4-10-15(11-13)12-6-8-14(9-7-12)19(2,16)17/h6-9,13H,3-5,10-11H2,1-2H3. The van der Waals surface area contributed by atoms with Crippen molar-refractivity contribution in [2.24, 2.45) is 0 Å². The van der Waals surface area contributed by atoms with E-state index in [2.05, 4.69) is 11.2 Å². The Kier molecular flexibility index (Phi) is 4.79. The van der Waals surface area contributed by atoms with E-state index in [0.29, 0.717) is 10.1 Å². The lowest BCUT2D eigenvalue weighted by Crippen LogP contribution is -2.29. The number of thioether (sulfide) groups is 1. The third-order valence-corrected chi connectivity index (χ3v) is 5.77. The molecular weight excluding hydrogens is 278 g/mol. The summed E-state index contributed by atoms with van der Waals surface area (Å²) in [6.45, 7) is 2.12. The molecule has 3 nitrogen and oxygen atoms in total. The highest BCUT2D eigenvalue weighted by Crippen LogP contribution is 2.25. The summed E-state index contributed by atoms with van der Waals surface area (Å²) in [7, 11) is -3.10. The molecular formula is C14H21NO2S2. The van der Waals surface area contributed by atoms with E-state index in [-0.39, 0.29) is 0 Å². The highest BCUT2D eigenvalue weighted by atomic mass is 32.2. The van der Waals surface area contributed by atoms with Crippen molar-refractivity contribution in [2.45, 2.75) is 29.4 Å². The molecule has 1 unspecified atom stereocenters. The first kappa shape index (κ1) is 14.7. The van der Waals surface area contributed by atoms with Crippen molar-refractivity contribution in [3.05, 3.63) is 24.3 Å². The van der Waals surface area contributed by atoms with Gasteiger partial charge in [0.25, 0.3) is 0 Å². The normalized spacial score (nSPS) is 21.2. The molecule has 0 amide bonds. The molecule has 1 aromatic rings. The lowest BCUT2D eigenvalue weighted by atomic mass is 10.2. The van der Waals surface area contributed by atoms with Crippen LogP contribution in [0.3, 0.4) is 0 Å². The van der Waals surface area contributed by atoms with Crippen molar-refractivity contribution in [1.29, 1.82) is 0 Å².